The zero-order valence-corrected chi connectivity index (χ0v) is 13.8. The van der Waals surface area contributed by atoms with E-state index in [2.05, 4.69) is 53.6 Å². The monoisotopic (exact) mass is 298 g/mol. The van der Waals surface area contributed by atoms with Crippen LogP contribution < -0.4 is 5.32 Å². The number of likely N-dealkylation sites (tertiary alicyclic amines) is 1. The van der Waals surface area contributed by atoms with E-state index in [1.54, 1.807) is 0 Å². The zero-order valence-electron chi connectivity index (χ0n) is 13.8. The fourth-order valence-corrected chi connectivity index (χ4v) is 3.20. The molecule has 1 N–H and O–H groups in total. The molecule has 0 saturated carbocycles. The van der Waals surface area contributed by atoms with Crippen molar-refractivity contribution in [1.82, 2.24) is 14.7 Å². The molecule has 22 heavy (non-hydrogen) atoms. The van der Waals surface area contributed by atoms with Crippen molar-refractivity contribution < 1.29 is 0 Å². The van der Waals surface area contributed by atoms with E-state index in [0.29, 0.717) is 6.04 Å². The fraction of sp³-hybridized carbons (Fsp3) is 0.500. The van der Waals surface area contributed by atoms with Gasteiger partial charge in [0, 0.05) is 43.6 Å². The second-order valence-corrected chi connectivity index (χ2v) is 6.54. The molecular formula is C18H26N4. The van der Waals surface area contributed by atoms with Crippen molar-refractivity contribution in [3.63, 3.8) is 0 Å². The lowest BCUT2D eigenvalue weighted by atomic mass is 10.0. The van der Waals surface area contributed by atoms with Crippen LogP contribution in [0.15, 0.2) is 30.6 Å². The third-order valence-electron chi connectivity index (χ3n) is 4.55. The first kappa shape index (κ1) is 15.1. The molecule has 1 aliphatic heterocycles. The lowest BCUT2D eigenvalue weighted by Crippen LogP contribution is -2.41. The molecule has 118 valence electrons. The van der Waals surface area contributed by atoms with Crippen LogP contribution in [0.3, 0.4) is 0 Å². The normalized spacial score (nSPS) is 19.3. The number of benzene rings is 1. The Morgan fingerprint density at radius 3 is 2.86 bits per heavy atom. The molecule has 1 aromatic carbocycles. The van der Waals surface area contributed by atoms with Gasteiger partial charge < -0.3 is 5.32 Å². The molecule has 0 bridgehead atoms. The maximum Gasteiger partial charge on any atom is 0.0534 e. The van der Waals surface area contributed by atoms with Crippen molar-refractivity contribution in [3.8, 4) is 0 Å². The smallest absolute Gasteiger partial charge is 0.0534 e. The maximum atomic E-state index is 4.26. The van der Waals surface area contributed by atoms with Crippen LogP contribution in [-0.4, -0.2) is 33.8 Å². The molecule has 0 amide bonds. The summed E-state index contributed by atoms with van der Waals surface area (Å²) in [6, 6.07) is 7.19. The zero-order chi connectivity index (χ0) is 15.5. The van der Waals surface area contributed by atoms with Gasteiger partial charge >= 0.3 is 0 Å². The van der Waals surface area contributed by atoms with Crippen molar-refractivity contribution in [3.05, 3.63) is 47.3 Å². The van der Waals surface area contributed by atoms with Crippen LogP contribution in [0, 0.1) is 13.8 Å². The SMILES string of the molecule is Cc1ccc(NC2CCCN(Cc3cnn(C)c3)C2)cc1C. The Hall–Kier alpha value is -1.81. The number of nitrogens with zero attached hydrogens (tertiary/aromatic N) is 3. The predicted molar refractivity (Wildman–Crippen MR) is 91.0 cm³/mol. The van der Waals surface area contributed by atoms with Crippen molar-refractivity contribution in [2.24, 2.45) is 7.05 Å². The van der Waals surface area contributed by atoms with E-state index in [-0.39, 0.29) is 0 Å². The maximum absolute atomic E-state index is 4.26. The molecule has 0 spiro atoms. The highest BCUT2D eigenvalue weighted by atomic mass is 15.2. The summed E-state index contributed by atoms with van der Waals surface area (Å²) in [6.07, 6.45) is 6.58. The molecule has 4 nitrogen and oxygen atoms in total. The fourth-order valence-electron chi connectivity index (χ4n) is 3.20. The molecule has 1 fully saturated rings. The molecule has 1 unspecified atom stereocenters. The van der Waals surface area contributed by atoms with Crippen LogP contribution in [0.1, 0.15) is 29.5 Å². The number of hydrogen-bond donors (Lipinski definition) is 1. The number of nitrogens with one attached hydrogen (secondary N) is 1. The van der Waals surface area contributed by atoms with Crippen LogP contribution in [0.4, 0.5) is 5.69 Å². The quantitative estimate of drug-likeness (QED) is 0.941. The number of rotatable bonds is 4. The number of aryl methyl sites for hydroxylation is 3. The topological polar surface area (TPSA) is 33.1 Å². The van der Waals surface area contributed by atoms with Gasteiger partial charge in [0.25, 0.3) is 0 Å². The standard InChI is InChI=1S/C18H26N4/c1-14-6-7-17(9-15(14)2)20-18-5-4-8-22(13-18)12-16-10-19-21(3)11-16/h6-7,9-11,18,20H,4-5,8,12-13H2,1-3H3. The molecule has 1 saturated heterocycles. The Balaban J connectivity index is 1.59. The molecular weight excluding hydrogens is 272 g/mol. The summed E-state index contributed by atoms with van der Waals surface area (Å²) in [6.45, 7) is 7.62. The molecule has 2 aromatic rings. The van der Waals surface area contributed by atoms with Crippen molar-refractivity contribution >= 4 is 5.69 Å². The number of aromatic nitrogens is 2. The highest BCUT2D eigenvalue weighted by Crippen LogP contribution is 2.20. The van der Waals surface area contributed by atoms with Gasteiger partial charge in [-0.1, -0.05) is 6.07 Å². The van der Waals surface area contributed by atoms with Crippen LogP contribution >= 0.6 is 0 Å². The average molecular weight is 298 g/mol. The summed E-state index contributed by atoms with van der Waals surface area (Å²) in [5.41, 5.74) is 5.26. The Morgan fingerprint density at radius 2 is 2.14 bits per heavy atom. The van der Waals surface area contributed by atoms with Gasteiger partial charge in [0.15, 0.2) is 0 Å². The molecule has 1 atom stereocenters. The minimum absolute atomic E-state index is 0.535. The van der Waals surface area contributed by atoms with Crippen LogP contribution in [0.25, 0.3) is 0 Å². The summed E-state index contributed by atoms with van der Waals surface area (Å²) < 4.78 is 1.88. The lowest BCUT2D eigenvalue weighted by molar-refractivity contribution is 0.208. The Labute approximate surface area is 133 Å². The highest BCUT2D eigenvalue weighted by molar-refractivity contribution is 5.48. The Morgan fingerprint density at radius 1 is 1.27 bits per heavy atom. The van der Waals surface area contributed by atoms with E-state index in [4.69, 9.17) is 0 Å². The third kappa shape index (κ3) is 3.69. The van der Waals surface area contributed by atoms with Gasteiger partial charge in [-0.05, 0) is 56.5 Å². The van der Waals surface area contributed by atoms with E-state index in [1.807, 2.05) is 17.9 Å². The minimum Gasteiger partial charge on any atom is -0.381 e. The van der Waals surface area contributed by atoms with Crippen molar-refractivity contribution in [2.75, 3.05) is 18.4 Å². The van der Waals surface area contributed by atoms with Crippen LogP contribution in [-0.2, 0) is 13.6 Å². The Kier molecular flexibility index (Phi) is 4.48. The highest BCUT2D eigenvalue weighted by Gasteiger charge is 2.20. The van der Waals surface area contributed by atoms with E-state index in [1.165, 1.54) is 41.8 Å². The van der Waals surface area contributed by atoms with Gasteiger partial charge in [-0.15, -0.1) is 0 Å². The van der Waals surface area contributed by atoms with Crippen molar-refractivity contribution in [1.29, 1.82) is 0 Å². The summed E-state index contributed by atoms with van der Waals surface area (Å²) in [5.74, 6) is 0. The second kappa shape index (κ2) is 6.53. The van der Waals surface area contributed by atoms with Gasteiger partial charge in [0.05, 0.1) is 6.20 Å². The molecule has 2 heterocycles. The summed E-state index contributed by atoms with van der Waals surface area (Å²) in [5, 5.41) is 7.97. The van der Waals surface area contributed by atoms with Crippen molar-refractivity contribution in [2.45, 2.75) is 39.3 Å². The average Bonchev–Trinajstić information content (AvgIpc) is 2.89. The third-order valence-corrected chi connectivity index (χ3v) is 4.55. The molecule has 3 rings (SSSR count). The summed E-state index contributed by atoms with van der Waals surface area (Å²) in [7, 11) is 1.98. The van der Waals surface area contributed by atoms with E-state index < -0.39 is 0 Å². The van der Waals surface area contributed by atoms with Crippen LogP contribution in [0.2, 0.25) is 0 Å². The number of piperidine rings is 1. The van der Waals surface area contributed by atoms with E-state index >= 15 is 0 Å². The van der Waals surface area contributed by atoms with E-state index in [9.17, 15) is 0 Å². The number of hydrogen-bond acceptors (Lipinski definition) is 3. The number of anilines is 1. The summed E-state index contributed by atoms with van der Waals surface area (Å²) >= 11 is 0. The van der Waals surface area contributed by atoms with Gasteiger partial charge in [0.1, 0.15) is 0 Å². The van der Waals surface area contributed by atoms with Gasteiger partial charge in [-0.2, -0.15) is 5.10 Å². The van der Waals surface area contributed by atoms with Gasteiger partial charge in [-0.25, -0.2) is 0 Å². The predicted octanol–water partition coefficient (Wildman–Crippen LogP) is 3.11. The van der Waals surface area contributed by atoms with Crippen LogP contribution in [0.5, 0.6) is 0 Å². The first-order valence-corrected chi connectivity index (χ1v) is 8.14. The molecule has 1 aromatic heterocycles. The largest absolute Gasteiger partial charge is 0.381 e. The molecule has 4 heteroatoms. The second-order valence-electron chi connectivity index (χ2n) is 6.54. The molecule has 1 aliphatic rings. The van der Waals surface area contributed by atoms with Gasteiger partial charge in [-0.3, -0.25) is 9.58 Å². The first-order valence-electron chi connectivity index (χ1n) is 8.14. The minimum atomic E-state index is 0.535. The molecule has 0 radical (unpaired) electrons. The lowest BCUT2D eigenvalue weighted by Gasteiger charge is -2.33. The van der Waals surface area contributed by atoms with E-state index in [0.717, 1.165) is 13.1 Å². The molecule has 0 aliphatic carbocycles. The summed E-state index contributed by atoms with van der Waals surface area (Å²) in [4.78, 5) is 2.53. The first-order chi connectivity index (χ1) is 10.6. The van der Waals surface area contributed by atoms with Gasteiger partial charge in [0.2, 0.25) is 0 Å². The Bertz CT molecular complexity index is 632.